The zero-order chi connectivity index (χ0) is 22.9. The van der Waals surface area contributed by atoms with Crippen molar-refractivity contribution < 1.29 is 4.79 Å². The number of hydrogen-bond donors (Lipinski definition) is 0. The summed E-state index contributed by atoms with van der Waals surface area (Å²) in [6.07, 6.45) is 7.42. The van der Waals surface area contributed by atoms with E-state index in [1.54, 1.807) is 29.3 Å². The van der Waals surface area contributed by atoms with Crippen LogP contribution in [0.3, 0.4) is 0 Å². The van der Waals surface area contributed by atoms with Gasteiger partial charge < -0.3 is 9.80 Å². The lowest BCUT2D eigenvalue weighted by atomic mass is 10.0. The monoisotopic (exact) mass is 460 g/mol. The highest BCUT2D eigenvalue weighted by molar-refractivity contribution is 6.38. The minimum absolute atomic E-state index is 0.0131. The zero-order valence-electron chi connectivity index (χ0n) is 18.7. The molecule has 0 spiro atoms. The average Bonchev–Trinajstić information content (AvgIpc) is 3.26. The summed E-state index contributed by atoms with van der Waals surface area (Å²) in [4.78, 5) is 26.6. The van der Waals surface area contributed by atoms with Crippen LogP contribution >= 0.6 is 11.6 Å². The Morgan fingerprint density at radius 1 is 1.03 bits per heavy atom. The lowest BCUT2D eigenvalue weighted by Crippen LogP contribution is -2.44. The summed E-state index contributed by atoms with van der Waals surface area (Å²) in [5, 5.41) is 6.69. The largest absolute Gasteiger partial charge is 0.354 e. The predicted octanol–water partition coefficient (Wildman–Crippen LogP) is 3.86. The van der Waals surface area contributed by atoms with E-state index < -0.39 is 0 Å². The van der Waals surface area contributed by atoms with Gasteiger partial charge in [-0.1, -0.05) is 23.7 Å². The van der Waals surface area contributed by atoms with Crippen LogP contribution in [-0.4, -0.2) is 63.7 Å². The number of aryl methyl sites for hydroxylation is 1. The molecule has 1 aliphatic rings. The summed E-state index contributed by atoms with van der Waals surface area (Å²) in [5.74, 6) is 0.865. The van der Waals surface area contributed by atoms with E-state index in [4.69, 9.17) is 11.6 Å². The number of likely N-dealkylation sites (N-methyl/N-ethyl adjacent to an activating group) is 1. The number of anilines is 1. The highest BCUT2D eigenvalue weighted by Crippen LogP contribution is 2.34. The summed E-state index contributed by atoms with van der Waals surface area (Å²) >= 11 is 6.76. The fraction of sp³-hybridized carbons (Fsp3) is 0.280. The van der Waals surface area contributed by atoms with Gasteiger partial charge in [-0.05, 0) is 25.2 Å². The number of Topliss-reactive ketones (excluding diaryl/α,β-unsaturated/α-hetero) is 1. The van der Waals surface area contributed by atoms with Crippen LogP contribution in [0.2, 0.25) is 5.02 Å². The normalized spacial score (nSPS) is 14.7. The molecule has 33 heavy (non-hydrogen) atoms. The van der Waals surface area contributed by atoms with Crippen LogP contribution < -0.4 is 4.90 Å². The van der Waals surface area contributed by atoms with Gasteiger partial charge >= 0.3 is 0 Å². The second-order valence-corrected chi connectivity index (χ2v) is 8.90. The standard InChI is InChI=1S/C25H25ClN6O/c1-30-7-9-32(10-8-30)24-11-17(5-6-27-24)23(33)13-20-12-22-18(14-28-20)3-4-21(25(22)26)19-15-29-31(2)16-19/h3-6,11-12,14-16H,7-10,13H2,1-2H3. The van der Waals surface area contributed by atoms with Crippen molar-refractivity contribution in [2.75, 3.05) is 38.1 Å². The van der Waals surface area contributed by atoms with Crippen molar-refractivity contribution in [2.45, 2.75) is 6.42 Å². The van der Waals surface area contributed by atoms with Crippen LogP contribution in [0.15, 0.2) is 55.1 Å². The molecule has 0 saturated carbocycles. The third-order valence-corrected chi connectivity index (χ3v) is 6.55. The van der Waals surface area contributed by atoms with Gasteiger partial charge in [0.2, 0.25) is 0 Å². The van der Waals surface area contributed by atoms with Crippen molar-refractivity contribution in [3.8, 4) is 11.1 Å². The van der Waals surface area contributed by atoms with E-state index in [2.05, 4.69) is 31.9 Å². The Morgan fingerprint density at radius 3 is 2.61 bits per heavy atom. The molecular formula is C25H25ClN6O. The molecule has 0 atom stereocenters. The van der Waals surface area contributed by atoms with Crippen molar-refractivity contribution in [3.63, 3.8) is 0 Å². The molecular weight excluding hydrogens is 436 g/mol. The lowest BCUT2D eigenvalue weighted by molar-refractivity contribution is 0.0992. The molecule has 0 amide bonds. The molecule has 0 aliphatic carbocycles. The van der Waals surface area contributed by atoms with Gasteiger partial charge in [0.05, 0.1) is 17.6 Å². The van der Waals surface area contributed by atoms with Crippen LogP contribution in [0.25, 0.3) is 21.9 Å². The number of aromatic nitrogens is 4. The van der Waals surface area contributed by atoms with Gasteiger partial charge in [-0.2, -0.15) is 5.10 Å². The molecule has 0 radical (unpaired) electrons. The van der Waals surface area contributed by atoms with Gasteiger partial charge in [0.25, 0.3) is 0 Å². The molecule has 4 heterocycles. The first-order chi connectivity index (χ1) is 16.0. The molecule has 0 N–H and O–H groups in total. The number of carbonyl (C=O) groups excluding carboxylic acids is 1. The summed E-state index contributed by atoms with van der Waals surface area (Å²) in [7, 11) is 3.99. The molecule has 1 fully saturated rings. The molecule has 1 saturated heterocycles. The van der Waals surface area contributed by atoms with E-state index in [1.165, 1.54) is 0 Å². The van der Waals surface area contributed by atoms with Crippen molar-refractivity contribution in [3.05, 3.63) is 71.4 Å². The molecule has 8 heteroatoms. The van der Waals surface area contributed by atoms with Gasteiger partial charge in [0, 0.05) is 85.0 Å². The smallest absolute Gasteiger partial charge is 0.169 e. The Morgan fingerprint density at radius 2 is 1.85 bits per heavy atom. The number of nitrogens with zero attached hydrogens (tertiary/aromatic N) is 6. The summed E-state index contributed by atoms with van der Waals surface area (Å²) in [6, 6.07) is 9.55. The molecule has 7 nitrogen and oxygen atoms in total. The Labute approximate surface area is 197 Å². The number of piperazine rings is 1. The first kappa shape index (κ1) is 21.6. The molecule has 1 aromatic carbocycles. The van der Waals surface area contributed by atoms with Crippen LogP contribution in [0.5, 0.6) is 0 Å². The number of ketones is 1. The van der Waals surface area contributed by atoms with Crippen molar-refractivity contribution >= 4 is 34.0 Å². The van der Waals surface area contributed by atoms with Gasteiger partial charge in [0.15, 0.2) is 5.78 Å². The first-order valence-electron chi connectivity index (χ1n) is 11.0. The molecule has 0 bridgehead atoms. The molecule has 5 rings (SSSR count). The molecule has 4 aromatic rings. The van der Waals surface area contributed by atoms with E-state index in [9.17, 15) is 4.79 Å². The second kappa shape index (κ2) is 8.92. The topological polar surface area (TPSA) is 67.2 Å². The molecule has 1 aliphatic heterocycles. The van der Waals surface area contributed by atoms with Gasteiger partial charge in [-0.3, -0.25) is 14.5 Å². The number of rotatable bonds is 5. The highest BCUT2D eigenvalue weighted by atomic mass is 35.5. The first-order valence-corrected chi connectivity index (χ1v) is 11.3. The zero-order valence-corrected chi connectivity index (χ0v) is 19.5. The maximum Gasteiger partial charge on any atom is 0.169 e. The number of pyridine rings is 2. The summed E-state index contributed by atoms with van der Waals surface area (Å²) < 4.78 is 1.75. The minimum atomic E-state index is 0.0131. The van der Waals surface area contributed by atoms with E-state index in [0.29, 0.717) is 16.3 Å². The average molecular weight is 461 g/mol. The Kier molecular flexibility index (Phi) is 5.83. The molecule has 168 valence electrons. The van der Waals surface area contributed by atoms with Gasteiger partial charge in [-0.25, -0.2) is 4.98 Å². The second-order valence-electron chi connectivity index (χ2n) is 8.52. The maximum atomic E-state index is 13.1. The highest BCUT2D eigenvalue weighted by Gasteiger charge is 2.18. The Bertz CT molecular complexity index is 1330. The number of hydrogen-bond acceptors (Lipinski definition) is 6. The molecule has 0 unspecified atom stereocenters. The Hall–Kier alpha value is -3.29. The van der Waals surface area contributed by atoms with Crippen LogP contribution in [0.1, 0.15) is 16.1 Å². The fourth-order valence-corrected chi connectivity index (χ4v) is 4.51. The van der Waals surface area contributed by atoms with E-state index in [-0.39, 0.29) is 12.2 Å². The summed E-state index contributed by atoms with van der Waals surface area (Å²) in [5.41, 5.74) is 3.20. The SMILES string of the molecule is CN1CCN(c2cc(C(=O)Cc3cc4c(Cl)c(-c5cnn(C)c5)ccc4cn3)ccn2)CC1. The quantitative estimate of drug-likeness (QED) is 0.421. The third-order valence-electron chi connectivity index (χ3n) is 6.15. The maximum absolute atomic E-state index is 13.1. The predicted molar refractivity (Wildman–Crippen MR) is 131 cm³/mol. The van der Waals surface area contributed by atoms with E-state index >= 15 is 0 Å². The fourth-order valence-electron chi connectivity index (χ4n) is 4.17. The Balaban J connectivity index is 1.39. The summed E-state index contributed by atoms with van der Waals surface area (Å²) in [6.45, 7) is 3.79. The third kappa shape index (κ3) is 4.47. The van der Waals surface area contributed by atoms with Crippen LogP contribution in [-0.2, 0) is 13.5 Å². The number of fused-ring (bicyclic) bond motifs is 1. The van der Waals surface area contributed by atoms with E-state index in [0.717, 1.165) is 53.9 Å². The number of halogens is 1. The molecule has 3 aromatic heterocycles. The number of benzene rings is 1. The van der Waals surface area contributed by atoms with Crippen molar-refractivity contribution in [2.24, 2.45) is 7.05 Å². The minimum Gasteiger partial charge on any atom is -0.354 e. The van der Waals surface area contributed by atoms with Crippen molar-refractivity contribution in [1.29, 1.82) is 0 Å². The van der Waals surface area contributed by atoms with Gasteiger partial charge in [-0.15, -0.1) is 0 Å². The van der Waals surface area contributed by atoms with Crippen LogP contribution in [0, 0.1) is 0 Å². The van der Waals surface area contributed by atoms with Gasteiger partial charge in [0.1, 0.15) is 5.82 Å². The lowest BCUT2D eigenvalue weighted by Gasteiger charge is -2.33. The van der Waals surface area contributed by atoms with Crippen LogP contribution in [0.4, 0.5) is 5.82 Å². The van der Waals surface area contributed by atoms with E-state index in [1.807, 2.05) is 37.5 Å². The van der Waals surface area contributed by atoms with Crippen molar-refractivity contribution in [1.82, 2.24) is 24.6 Å². The number of carbonyl (C=O) groups is 1.